The van der Waals surface area contributed by atoms with E-state index < -0.39 is 0 Å². The smallest absolute Gasteiger partial charge is 0.224 e. The van der Waals surface area contributed by atoms with E-state index in [9.17, 15) is 4.79 Å². The first-order valence-corrected chi connectivity index (χ1v) is 9.95. The number of benzene rings is 2. The minimum atomic E-state index is -0.109. The second kappa shape index (κ2) is 9.55. The topological polar surface area (TPSA) is 50.4 Å². The van der Waals surface area contributed by atoms with Gasteiger partial charge in [0.1, 0.15) is 0 Å². The summed E-state index contributed by atoms with van der Waals surface area (Å²) in [6.45, 7) is 3.10. The summed E-state index contributed by atoms with van der Waals surface area (Å²) in [5.74, 6) is 0.356. The molecule has 2 atom stereocenters. The molecule has 2 aliphatic rings. The summed E-state index contributed by atoms with van der Waals surface area (Å²) >= 11 is 0. The Balaban J connectivity index is 0.00000225. The van der Waals surface area contributed by atoms with Crippen LogP contribution in [0.5, 0.6) is 0 Å². The van der Waals surface area contributed by atoms with Crippen molar-refractivity contribution in [3.8, 4) is 0 Å². The van der Waals surface area contributed by atoms with Crippen LogP contribution < -0.4 is 10.6 Å². The summed E-state index contributed by atoms with van der Waals surface area (Å²) in [7, 11) is 0. The van der Waals surface area contributed by atoms with Crippen LogP contribution in [0.4, 0.5) is 0 Å². The lowest BCUT2D eigenvalue weighted by molar-refractivity contribution is -0.124. The van der Waals surface area contributed by atoms with Crippen LogP contribution in [0.1, 0.15) is 36.4 Å². The monoisotopic (exact) mass is 400 g/mol. The largest absolute Gasteiger partial charge is 0.374 e. The summed E-state index contributed by atoms with van der Waals surface area (Å²) in [5, 5.41) is 6.67. The van der Waals surface area contributed by atoms with E-state index in [4.69, 9.17) is 4.74 Å². The van der Waals surface area contributed by atoms with Gasteiger partial charge in [0, 0.05) is 5.92 Å². The SMILES string of the molecule is Cl.O=C(NC(COCc1ccccc1)c1ccccc1)C1CC12CCNCC2. The van der Waals surface area contributed by atoms with Crippen LogP contribution in [0.15, 0.2) is 60.7 Å². The van der Waals surface area contributed by atoms with Crippen molar-refractivity contribution in [2.45, 2.75) is 31.9 Å². The van der Waals surface area contributed by atoms with Crippen molar-refractivity contribution >= 4 is 18.3 Å². The Morgan fingerprint density at radius 3 is 2.39 bits per heavy atom. The normalized spacial score (nSPS) is 20.8. The maximum absolute atomic E-state index is 12.9. The molecular formula is C23H29ClN2O2. The van der Waals surface area contributed by atoms with Gasteiger partial charge in [0.25, 0.3) is 0 Å². The predicted octanol–water partition coefficient (Wildman–Crippen LogP) is 3.87. The Morgan fingerprint density at radius 1 is 1.07 bits per heavy atom. The molecule has 0 aromatic heterocycles. The maximum Gasteiger partial charge on any atom is 0.224 e. The third kappa shape index (κ3) is 4.93. The first kappa shape index (κ1) is 20.8. The Bertz CT molecular complexity index is 748. The van der Waals surface area contributed by atoms with Crippen LogP contribution in [-0.4, -0.2) is 25.6 Å². The van der Waals surface area contributed by atoms with E-state index in [0.29, 0.717) is 13.2 Å². The second-order valence-corrected chi connectivity index (χ2v) is 7.84. The van der Waals surface area contributed by atoms with Crippen molar-refractivity contribution in [1.29, 1.82) is 0 Å². The molecule has 5 heteroatoms. The highest BCUT2D eigenvalue weighted by Gasteiger charge is 2.57. The van der Waals surface area contributed by atoms with E-state index in [0.717, 1.165) is 43.5 Å². The first-order valence-electron chi connectivity index (χ1n) is 9.95. The summed E-state index contributed by atoms with van der Waals surface area (Å²) in [5.41, 5.74) is 2.49. The van der Waals surface area contributed by atoms with Crippen molar-refractivity contribution in [2.75, 3.05) is 19.7 Å². The maximum atomic E-state index is 12.9. The Morgan fingerprint density at radius 2 is 1.71 bits per heavy atom. The molecule has 28 heavy (non-hydrogen) atoms. The molecule has 1 saturated carbocycles. The zero-order valence-electron chi connectivity index (χ0n) is 16.1. The lowest BCUT2D eigenvalue weighted by Crippen LogP contribution is -2.36. The number of hydrogen-bond donors (Lipinski definition) is 2. The fourth-order valence-electron chi connectivity index (χ4n) is 4.24. The fourth-order valence-corrected chi connectivity index (χ4v) is 4.24. The standard InChI is InChI=1S/C23H28N2O2.ClH/c26-22(20-15-23(20)11-13-24-14-12-23)25-21(19-9-5-2-6-10-19)17-27-16-18-7-3-1-4-8-18;/h1-10,20-21,24H,11-17H2,(H,25,26);1H. The molecule has 1 aliphatic carbocycles. The minimum absolute atomic E-state index is 0. The molecule has 150 valence electrons. The van der Waals surface area contributed by atoms with Crippen LogP contribution in [0.3, 0.4) is 0 Å². The zero-order chi connectivity index (χ0) is 18.5. The highest BCUT2D eigenvalue weighted by Crippen LogP contribution is 2.58. The molecular weight excluding hydrogens is 372 g/mol. The van der Waals surface area contributed by atoms with Crippen molar-refractivity contribution < 1.29 is 9.53 Å². The van der Waals surface area contributed by atoms with Crippen molar-refractivity contribution in [3.63, 3.8) is 0 Å². The van der Waals surface area contributed by atoms with Crippen molar-refractivity contribution in [2.24, 2.45) is 11.3 Å². The highest BCUT2D eigenvalue weighted by atomic mass is 35.5. The van der Waals surface area contributed by atoms with Gasteiger partial charge in [-0.2, -0.15) is 0 Å². The van der Waals surface area contributed by atoms with Gasteiger partial charge in [0.2, 0.25) is 5.91 Å². The van der Waals surface area contributed by atoms with Crippen LogP contribution in [0.2, 0.25) is 0 Å². The molecule has 2 aromatic carbocycles. The molecule has 1 saturated heterocycles. The molecule has 2 aromatic rings. The molecule has 2 unspecified atom stereocenters. The number of carbonyl (C=O) groups excluding carboxylic acids is 1. The number of carbonyl (C=O) groups is 1. The molecule has 1 spiro atoms. The van der Waals surface area contributed by atoms with Gasteiger partial charge in [-0.3, -0.25) is 4.79 Å². The van der Waals surface area contributed by atoms with E-state index in [2.05, 4.69) is 34.9 Å². The van der Waals surface area contributed by atoms with Gasteiger partial charge in [-0.15, -0.1) is 12.4 Å². The molecule has 2 fully saturated rings. The van der Waals surface area contributed by atoms with Crippen LogP contribution in [0, 0.1) is 11.3 Å². The Labute approximate surface area is 173 Å². The first-order chi connectivity index (χ1) is 13.3. The quantitative estimate of drug-likeness (QED) is 0.741. The second-order valence-electron chi connectivity index (χ2n) is 7.84. The average molecular weight is 401 g/mol. The molecule has 0 bridgehead atoms. The van der Waals surface area contributed by atoms with Gasteiger partial charge >= 0.3 is 0 Å². The Hall–Kier alpha value is -1.88. The van der Waals surface area contributed by atoms with E-state index in [1.54, 1.807) is 0 Å². The number of halogens is 1. The summed E-state index contributed by atoms with van der Waals surface area (Å²) < 4.78 is 5.95. The van der Waals surface area contributed by atoms with E-state index in [1.165, 1.54) is 0 Å². The molecule has 1 aliphatic heterocycles. The van der Waals surface area contributed by atoms with Crippen LogP contribution >= 0.6 is 12.4 Å². The fraction of sp³-hybridized carbons (Fsp3) is 0.435. The van der Waals surface area contributed by atoms with Gasteiger partial charge in [0.05, 0.1) is 19.3 Å². The van der Waals surface area contributed by atoms with Crippen LogP contribution in [-0.2, 0) is 16.1 Å². The summed E-state index contributed by atoms with van der Waals surface area (Å²) in [6.07, 6.45) is 3.27. The number of nitrogens with one attached hydrogen (secondary N) is 2. The molecule has 4 rings (SSSR count). The van der Waals surface area contributed by atoms with E-state index in [-0.39, 0.29) is 35.7 Å². The molecule has 1 amide bonds. The number of amides is 1. The Kier molecular flexibility index (Phi) is 7.11. The zero-order valence-corrected chi connectivity index (χ0v) is 16.9. The predicted molar refractivity (Wildman–Crippen MR) is 113 cm³/mol. The molecule has 1 heterocycles. The minimum Gasteiger partial charge on any atom is -0.374 e. The third-order valence-corrected chi connectivity index (χ3v) is 6.02. The van der Waals surface area contributed by atoms with Gasteiger partial charge in [-0.1, -0.05) is 60.7 Å². The van der Waals surface area contributed by atoms with Gasteiger partial charge < -0.3 is 15.4 Å². The molecule has 2 N–H and O–H groups in total. The number of ether oxygens (including phenoxy) is 1. The lowest BCUT2D eigenvalue weighted by Gasteiger charge is -2.24. The van der Waals surface area contributed by atoms with E-state index >= 15 is 0 Å². The third-order valence-electron chi connectivity index (χ3n) is 6.02. The lowest BCUT2D eigenvalue weighted by atomic mass is 9.91. The summed E-state index contributed by atoms with van der Waals surface area (Å²) in [6, 6.07) is 20.2. The average Bonchev–Trinajstić information content (AvgIpc) is 3.42. The van der Waals surface area contributed by atoms with E-state index in [1.807, 2.05) is 36.4 Å². The van der Waals surface area contributed by atoms with Gasteiger partial charge in [-0.05, 0) is 48.9 Å². The van der Waals surface area contributed by atoms with Gasteiger partial charge in [0.15, 0.2) is 0 Å². The van der Waals surface area contributed by atoms with Gasteiger partial charge in [-0.25, -0.2) is 0 Å². The van der Waals surface area contributed by atoms with Crippen LogP contribution in [0.25, 0.3) is 0 Å². The highest BCUT2D eigenvalue weighted by molar-refractivity contribution is 5.85. The molecule has 4 nitrogen and oxygen atoms in total. The number of piperidine rings is 1. The number of hydrogen-bond acceptors (Lipinski definition) is 3. The number of rotatable bonds is 7. The van der Waals surface area contributed by atoms with Crippen molar-refractivity contribution in [1.82, 2.24) is 10.6 Å². The summed E-state index contributed by atoms with van der Waals surface area (Å²) in [4.78, 5) is 12.9. The molecule has 0 radical (unpaired) electrons. The van der Waals surface area contributed by atoms with Crippen molar-refractivity contribution in [3.05, 3.63) is 71.8 Å².